The summed E-state index contributed by atoms with van der Waals surface area (Å²) in [7, 11) is 0. The summed E-state index contributed by atoms with van der Waals surface area (Å²) in [4.78, 5) is 0.724. The molecule has 0 fully saturated rings. The lowest BCUT2D eigenvalue weighted by Gasteiger charge is -2.10. The molecule has 108 valence electrons. The number of thiol groups is 1. The highest BCUT2D eigenvalue weighted by Gasteiger charge is 2.09. The number of benzene rings is 2. The van der Waals surface area contributed by atoms with Gasteiger partial charge in [-0.3, -0.25) is 5.14 Å². The standard InChI is InChI=1S/C12H10F2N2OS.CH4S/c13-7-1-4-11(9(14)5-7)17-12-6-8(18-16)2-3-10(12)15;1-2/h1-6H,15-16H2;2H,1H3. The van der Waals surface area contributed by atoms with Crippen molar-refractivity contribution in [1.82, 2.24) is 0 Å². The summed E-state index contributed by atoms with van der Waals surface area (Å²) in [5.74, 6) is -1.28. The Kier molecular flexibility index (Phi) is 6.63. The van der Waals surface area contributed by atoms with E-state index in [4.69, 9.17) is 15.6 Å². The van der Waals surface area contributed by atoms with Gasteiger partial charge in [0.2, 0.25) is 0 Å². The van der Waals surface area contributed by atoms with Crippen LogP contribution in [0.15, 0.2) is 41.3 Å². The van der Waals surface area contributed by atoms with Crippen molar-refractivity contribution in [3.8, 4) is 11.5 Å². The Balaban J connectivity index is 0.000000956. The normalized spacial score (nSPS) is 9.65. The molecular weight excluding hydrogens is 302 g/mol. The van der Waals surface area contributed by atoms with Crippen LogP contribution in [0, 0.1) is 11.6 Å². The molecule has 0 unspecified atom stereocenters. The lowest BCUT2D eigenvalue weighted by Crippen LogP contribution is -1.95. The van der Waals surface area contributed by atoms with Crippen LogP contribution in [0.2, 0.25) is 0 Å². The number of hydrogen-bond donors (Lipinski definition) is 3. The number of ether oxygens (including phenoxy) is 1. The van der Waals surface area contributed by atoms with Gasteiger partial charge in [0.05, 0.1) is 5.69 Å². The third-order valence-corrected chi connectivity index (χ3v) is 2.76. The van der Waals surface area contributed by atoms with E-state index in [0.29, 0.717) is 5.69 Å². The fourth-order valence-electron chi connectivity index (χ4n) is 1.35. The van der Waals surface area contributed by atoms with Crippen LogP contribution in [0.5, 0.6) is 11.5 Å². The molecule has 0 bridgehead atoms. The highest BCUT2D eigenvalue weighted by molar-refractivity contribution is 7.97. The van der Waals surface area contributed by atoms with Crippen LogP contribution in [-0.2, 0) is 0 Å². The maximum absolute atomic E-state index is 13.4. The summed E-state index contributed by atoms with van der Waals surface area (Å²) in [5, 5.41) is 5.41. The summed E-state index contributed by atoms with van der Waals surface area (Å²) >= 11 is 4.55. The SMILES string of the molecule is CS.NSc1ccc(N)c(Oc2ccc(F)cc2F)c1. The number of nitrogens with two attached hydrogens (primary N) is 2. The Hall–Kier alpha value is -1.44. The van der Waals surface area contributed by atoms with Crippen LogP contribution in [0.4, 0.5) is 14.5 Å². The zero-order chi connectivity index (χ0) is 15.1. The number of halogens is 2. The molecule has 0 aromatic heterocycles. The van der Waals surface area contributed by atoms with E-state index in [2.05, 4.69) is 12.6 Å². The van der Waals surface area contributed by atoms with E-state index in [1.807, 2.05) is 0 Å². The maximum atomic E-state index is 13.4. The van der Waals surface area contributed by atoms with Crippen molar-refractivity contribution in [3.63, 3.8) is 0 Å². The molecule has 0 atom stereocenters. The third-order valence-electron chi connectivity index (χ3n) is 2.23. The van der Waals surface area contributed by atoms with Crippen molar-refractivity contribution >= 4 is 30.3 Å². The summed E-state index contributed by atoms with van der Waals surface area (Å²) in [6.07, 6.45) is 1.69. The molecule has 3 nitrogen and oxygen atoms in total. The third kappa shape index (κ3) is 4.29. The molecule has 4 N–H and O–H groups in total. The lowest BCUT2D eigenvalue weighted by molar-refractivity contribution is 0.438. The maximum Gasteiger partial charge on any atom is 0.168 e. The molecule has 20 heavy (non-hydrogen) atoms. The largest absolute Gasteiger partial charge is 0.452 e. The second-order valence-electron chi connectivity index (χ2n) is 3.49. The molecule has 0 heterocycles. The molecular formula is C13H14F2N2OS2. The van der Waals surface area contributed by atoms with Gasteiger partial charge in [0.15, 0.2) is 17.3 Å². The van der Waals surface area contributed by atoms with Crippen molar-refractivity contribution in [2.24, 2.45) is 5.14 Å². The van der Waals surface area contributed by atoms with Gasteiger partial charge in [-0.2, -0.15) is 12.6 Å². The first-order chi connectivity index (χ1) is 9.60. The van der Waals surface area contributed by atoms with Gasteiger partial charge in [-0.1, -0.05) is 0 Å². The van der Waals surface area contributed by atoms with E-state index < -0.39 is 11.6 Å². The van der Waals surface area contributed by atoms with Crippen molar-refractivity contribution in [2.45, 2.75) is 4.90 Å². The molecule has 2 aromatic carbocycles. The van der Waals surface area contributed by atoms with Gasteiger partial charge in [0, 0.05) is 11.0 Å². The first-order valence-electron chi connectivity index (χ1n) is 5.44. The quantitative estimate of drug-likeness (QED) is 0.457. The minimum atomic E-state index is -0.791. The van der Waals surface area contributed by atoms with E-state index in [1.165, 1.54) is 6.07 Å². The van der Waals surface area contributed by atoms with Crippen molar-refractivity contribution in [3.05, 3.63) is 48.0 Å². The van der Waals surface area contributed by atoms with E-state index >= 15 is 0 Å². The van der Waals surface area contributed by atoms with Crippen LogP contribution < -0.4 is 15.6 Å². The molecule has 2 aromatic rings. The summed E-state index contributed by atoms with van der Waals surface area (Å²) in [6, 6.07) is 7.96. The number of nitrogen functional groups attached to an aromatic ring is 1. The van der Waals surface area contributed by atoms with Crippen LogP contribution in [0.3, 0.4) is 0 Å². The zero-order valence-electron chi connectivity index (χ0n) is 10.6. The van der Waals surface area contributed by atoms with Crippen LogP contribution in [0.25, 0.3) is 0 Å². The summed E-state index contributed by atoms with van der Waals surface area (Å²) in [6.45, 7) is 0. The summed E-state index contributed by atoms with van der Waals surface area (Å²) in [5.41, 5.74) is 6.04. The van der Waals surface area contributed by atoms with E-state index in [0.717, 1.165) is 29.0 Å². The summed E-state index contributed by atoms with van der Waals surface area (Å²) < 4.78 is 31.5. The van der Waals surface area contributed by atoms with Gasteiger partial charge in [0.25, 0.3) is 0 Å². The Morgan fingerprint density at radius 3 is 2.35 bits per heavy atom. The molecule has 0 spiro atoms. The average Bonchev–Trinajstić information content (AvgIpc) is 2.46. The molecule has 0 saturated heterocycles. The van der Waals surface area contributed by atoms with Gasteiger partial charge in [-0.15, -0.1) is 0 Å². The highest BCUT2D eigenvalue weighted by atomic mass is 32.2. The fraction of sp³-hybridized carbons (Fsp3) is 0.0769. The molecule has 7 heteroatoms. The van der Waals surface area contributed by atoms with Crippen molar-refractivity contribution in [1.29, 1.82) is 0 Å². The van der Waals surface area contributed by atoms with Crippen LogP contribution in [-0.4, -0.2) is 6.26 Å². The van der Waals surface area contributed by atoms with Gasteiger partial charge >= 0.3 is 0 Å². The fourth-order valence-corrected chi connectivity index (χ4v) is 1.67. The first-order valence-corrected chi connectivity index (χ1v) is 7.21. The first kappa shape index (κ1) is 16.6. The van der Waals surface area contributed by atoms with E-state index in [1.54, 1.807) is 24.5 Å². The zero-order valence-corrected chi connectivity index (χ0v) is 12.3. The highest BCUT2D eigenvalue weighted by Crippen LogP contribution is 2.32. The monoisotopic (exact) mass is 316 g/mol. The smallest absolute Gasteiger partial charge is 0.168 e. The van der Waals surface area contributed by atoms with E-state index in [9.17, 15) is 8.78 Å². The number of anilines is 1. The molecule has 0 saturated carbocycles. The Bertz CT molecular complexity index is 582. The van der Waals surface area contributed by atoms with Crippen LogP contribution >= 0.6 is 24.6 Å². The number of hydrogen-bond acceptors (Lipinski definition) is 5. The van der Waals surface area contributed by atoms with Crippen molar-refractivity contribution < 1.29 is 13.5 Å². The average molecular weight is 316 g/mol. The Labute approximate surface area is 125 Å². The molecule has 2 rings (SSSR count). The molecule has 0 aliphatic heterocycles. The van der Waals surface area contributed by atoms with Crippen LogP contribution in [0.1, 0.15) is 0 Å². The minimum absolute atomic E-state index is 0.0951. The second kappa shape index (κ2) is 7.98. The van der Waals surface area contributed by atoms with Gasteiger partial charge in [-0.05, 0) is 48.5 Å². The van der Waals surface area contributed by atoms with Gasteiger partial charge < -0.3 is 10.5 Å². The van der Waals surface area contributed by atoms with Gasteiger partial charge in [-0.25, -0.2) is 8.78 Å². The molecule has 0 amide bonds. The van der Waals surface area contributed by atoms with E-state index in [-0.39, 0.29) is 11.5 Å². The Morgan fingerprint density at radius 2 is 1.75 bits per heavy atom. The molecule has 0 aliphatic carbocycles. The minimum Gasteiger partial charge on any atom is -0.452 e. The van der Waals surface area contributed by atoms with Gasteiger partial charge in [0.1, 0.15) is 5.82 Å². The predicted molar refractivity (Wildman–Crippen MR) is 82.2 cm³/mol. The molecule has 0 aliphatic rings. The lowest BCUT2D eigenvalue weighted by atomic mass is 10.3. The molecule has 0 radical (unpaired) electrons. The predicted octanol–water partition coefficient (Wildman–Crippen LogP) is 3.85. The van der Waals surface area contributed by atoms with Crippen molar-refractivity contribution in [2.75, 3.05) is 12.0 Å². The second-order valence-corrected chi connectivity index (χ2v) is 4.20. The number of rotatable bonds is 3. The Morgan fingerprint density at radius 1 is 1.05 bits per heavy atom. The topological polar surface area (TPSA) is 61.3 Å².